The molecule has 1 aromatic carbocycles. The number of fused-ring (bicyclic) bond motifs is 2. The summed E-state index contributed by atoms with van der Waals surface area (Å²) in [6.45, 7) is 14.9. The van der Waals surface area contributed by atoms with E-state index in [1.807, 2.05) is 32.0 Å². The quantitative estimate of drug-likeness (QED) is 0.609. The molecule has 0 aromatic heterocycles. The van der Waals surface area contributed by atoms with Crippen LogP contribution >= 0.6 is 0 Å². The Kier molecular flexibility index (Phi) is 7.56. The van der Waals surface area contributed by atoms with Crippen molar-refractivity contribution in [3.05, 3.63) is 30.3 Å². The molecule has 3 fully saturated rings. The van der Waals surface area contributed by atoms with Crippen molar-refractivity contribution in [2.75, 3.05) is 18.0 Å². The Morgan fingerprint density at radius 2 is 1.88 bits per heavy atom. The number of amidine groups is 1. The first-order chi connectivity index (χ1) is 16.4. The number of benzene rings is 1. The van der Waals surface area contributed by atoms with Crippen LogP contribution in [0.15, 0.2) is 35.4 Å². The van der Waals surface area contributed by atoms with Crippen molar-refractivity contribution in [3.8, 4) is 0 Å². The number of amides is 1. The van der Waals surface area contributed by atoms with Crippen molar-refractivity contribution in [2.24, 2.45) is 16.9 Å². The monoisotopic (exact) mass is 467 g/mol. The first-order valence-electron chi connectivity index (χ1n) is 13.6. The van der Waals surface area contributed by atoms with Gasteiger partial charge < -0.3 is 9.80 Å². The molecule has 1 N–H and O–H groups in total. The van der Waals surface area contributed by atoms with Crippen LogP contribution in [-0.4, -0.2) is 58.4 Å². The third-order valence-electron chi connectivity index (χ3n) is 8.25. The summed E-state index contributed by atoms with van der Waals surface area (Å²) in [6, 6.07) is 11.4. The van der Waals surface area contributed by atoms with E-state index in [4.69, 9.17) is 0 Å². The summed E-state index contributed by atoms with van der Waals surface area (Å²) in [5.41, 5.74) is 4.62. The summed E-state index contributed by atoms with van der Waals surface area (Å²) < 4.78 is 0. The summed E-state index contributed by atoms with van der Waals surface area (Å²) in [7, 11) is 0. The maximum absolute atomic E-state index is 13.1. The Morgan fingerprint density at radius 3 is 2.50 bits per heavy atom. The lowest BCUT2D eigenvalue weighted by molar-refractivity contribution is -0.119. The van der Waals surface area contributed by atoms with Gasteiger partial charge in [0.05, 0.1) is 0 Å². The minimum atomic E-state index is 0.197. The summed E-state index contributed by atoms with van der Waals surface area (Å²) >= 11 is 0. The third kappa shape index (κ3) is 4.84. The zero-order valence-electron chi connectivity index (χ0n) is 22.1. The maximum atomic E-state index is 13.1. The number of piperidine rings is 1. The van der Waals surface area contributed by atoms with E-state index in [-0.39, 0.29) is 11.5 Å². The van der Waals surface area contributed by atoms with E-state index < -0.39 is 0 Å². The van der Waals surface area contributed by atoms with Crippen LogP contribution in [0.1, 0.15) is 80.1 Å². The lowest BCUT2D eigenvalue weighted by Gasteiger charge is -2.50. The van der Waals surface area contributed by atoms with Gasteiger partial charge in [0.2, 0.25) is 5.91 Å². The SMILES string of the molecule is CC.CC1=NNC(C(C)C)N1[C@H]1C[C@@H]2CC[C@](C)(C1)N2CCN(C(=O)C1CC1)c1ccccc1. The first-order valence-corrected chi connectivity index (χ1v) is 13.6. The number of carbonyl (C=O) groups excluding carboxylic acids is 1. The molecule has 4 atom stereocenters. The predicted molar refractivity (Wildman–Crippen MR) is 141 cm³/mol. The van der Waals surface area contributed by atoms with Crippen LogP contribution in [0.4, 0.5) is 5.69 Å². The van der Waals surface area contributed by atoms with Crippen molar-refractivity contribution >= 4 is 17.4 Å². The van der Waals surface area contributed by atoms with E-state index in [0.717, 1.165) is 37.5 Å². The maximum Gasteiger partial charge on any atom is 0.230 e. The average molecular weight is 468 g/mol. The smallest absolute Gasteiger partial charge is 0.230 e. The Hall–Kier alpha value is -2.08. The third-order valence-corrected chi connectivity index (χ3v) is 8.25. The van der Waals surface area contributed by atoms with Gasteiger partial charge in [0, 0.05) is 42.3 Å². The standard InChI is InChI=1S/C26H39N5O.C2H6/c1-18(2)24-28-27-19(3)31(24)23-16-22-12-13-26(4,17-23)30(22)15-14-29(25(32)20-10-11-20)21-8-6-5-7-9-21;1-2/h5-9,18,20,22-24,28H,10-17H2,1-4H3;1-2H3/t22-,23-,24?,26+;/m0./s1. The molecular weight excluding hydrogens is 422 g/mol. The number of para-hydroxylation sites is 1. The number of carbonyl (C=O) groups is 1. The first kappa shape index (κ1) is 25.0. The van der Waals surface area contributed by atoms with Gasteiger partial charge in [-0.2, -0.15) is 5.10 Å². The second-order valence-corrected chi connectivity index (χ2v) is 11.0. The number of nitrogens with zero attached hydrogens (tertiary/aromatic N) is 4. The molecule has 188 valence electrons. The number of anilines is 1. The molecule has 6 heteroatoms. The van der Waals surface area contributed by atoms with Gasteiger partial charge in [0.25, 0.3) is 0 Å². The van der Waals surface area contributed by atoms with Gasteiger partial charge in [-0.25, -0.2) is 0 Å². The highest BCUT2D eigenvalue weighted by atomic mass is 16.2. The average Bonchev–Trinajstić information content (AvgIpc) is 3.58. The molecule has 1 unspecified atom stereocenters. The molecule has 0 radical (unpaired) electrons. The van der Waals surface area contributed by atoms with Gasteiger partial charge in [0.1, 0.15) is 12.0 Å². The van der Waals surface area contributed by atoms with Crippen molar-refractivity contribution < 1.29 is 4.79 Å². The lowest BCUT2D eigenvalue weighted by Crippen LogP contribution is -2.60. The molecule has 1 amide bonds. The second-order valence-electron chi connectivity index (χ2n) is 11.0. The Bertz CT molecular complexity index is 867. The van der Waals surface area contributed by atoms with Crippen molar-refractivity contribution in [1.29, 1.82) is 0 Å². The van der Waals surface area contributed by atoms with Crippen LogP contribution in [0, 0.1) is 11.8 Å². The van der Waals surface area contributed by atoms with Gasteiger partial charge in [-0.15, -0.1) is 0 Å². The fraction of sp³-hybridized carbons (Fsp3) is 0.714. The minimum absolute atomic E-state index is 0.197. The fourth-order valence-corrected chi connectivity index (χ4v) is 6.43. The molecule has 2 bridgehead atoms. The van der Waals surface area contributed by atoms with E-state index in [1.54, 1.807) is 0 Å². The van der Waals surface area contributed by atoms with Crippen molar-refractivity contribution in [3.63, 3.8) is 0 Å². The molecule has 2 saturated heterocycles. The highest BCUT2D eigenvalue weighted by Crippen LogP contribution is 2.46. The van der Waals surface area contributed by atoms with Crippen LogP contribution in [0.2, 0.25) is 0 Å². The summed E-state index contributed by atoms with van der Waals surface area (Å²) in [6.07, 6.45) is 7.28. The van der Waals surface area contributed by atoms with Crippen LogP contribution in [-0.2, 0) is 4.79 Å². The lowest BCUT2D eigenvalue weighted by atomic mass is 9.85. The van der Waals surface area contributed by atoms with Crippen molar-refractivity contribution in [1.82, 2.24) is 15.2 Å². The fourth-order valence-electron chi connectivity index (χ4n) is 6.43. The zero-order chi connectivity index (χ0) is 24.5. The highest BCUT2D eigenvalue weighted by Gasteiger charge is 2.51. The van der Waals surface area contributed by atoms with E-state index in [0.29, 0.717) is 30.1 Å². The zero-order valence-corrected chi connectivity index (χ0v) is 22.1. The van der Waals surface area contributed by atoms with Gasteiger partial charge in [0.15, 0.2) is 0 Å². The van der Waals surface area contributed by atoms with Gasteiger partial charge in [-0.05, 0) is 70.4 Å². The molecule has 4 aliphatic rings. The molecule has 1 saturated carbocycles. The Balaban J connectivity index is 0.00000133. The normalized spacial score (nSPS) is 30.5. The highest BCUT2D eigenvalue weighted by molar-refractivity contribution is 5.96. The largest absolute Gasteiger partial charge is 0.334 e. The minimum Gasteiger partial charge on any atom is -0.334 e. The van der Waals surface area contributed by atoms with E-state index >= 15 is 0 Å². The molecule has 3 aliphatic heterocycles. The number of rotatable bonds is 7. The second kappa shape index (κ2) is 10.3. The molecule has 0 spiro atoms. The van der Waals surface area contributed by atoms with E-state index in [1.165, 1.54) is 25.7 Å². The number of nitrogens with one attached hydrogen (secondary N) is 1. The topological polar surface area (TPSA) is 51.2 Å². The molecule has 1 aromatic rings. The van der Waals surface area contributed by atoms with E-state index in [9.17, 15) is 4.79 Å². The Morgan fingerprint density at radius 1 is 1.18 bits per heavy atom. The van der Waals surface area contributed by atoms with Crippen LogP contribution in [0.3, 0.4) is 0 Å². The molecule has 1 aliphatic carbocycles. The number of hydrazone groups is 1. The molecule has 5 rings (SSSR count). The van der Waals surface area contributed by atoms with Gasteiger partial charge >= 0.3 is 0 Å². The molecule has 34 heavy (non-hydrogen) atoms. The van der Waals surface area contributed by atoms with Crippen molar-refractivity contribution in [2.45, 2.75) is 104 Å². The van der Waals surface area contributed by atoms with E-state index in [2.05, 4.69) is 65.1 Å². The van der Waals surface area contributed by atoms with Gasteiger partial charge in [-0.3, -0.25) is 15.1 Å². The summed E-state index contributed by atoms with van der Waals surface area (Å²) in [5.74, 6) is 2.22. The van der Waals surface area contributed by atoms with Crippen LogP contribution < -0.4 is 10.3 Å². The number of hydrogen-bond donors (Lipinski definition) is 1. The predicted octanol–water partition coefficient (Wildman–Crippen LogP) is 5.06. The molecular formula is C28H45N5O. The van der Waals surface area contributed by atoms with Crippen LogP contribution in [0.5, 0.6) is 0 Å². The number of hydrogen-bond acceptors (Lipinski definition) is 5. The summed E-state index contributed by atoms with van der Waals surface area (Å²) in [5, 5.41) is 4.58. The van der Waals surface area contributed by atoms with Crippen LogP contribution in [0.25, 0.3) is 0 Å². The Labute approximate surface area is 206 Å². The molecule has 3 heterocycles. The summed E-state index contributed by atoms with van der Waals surface area (Å²) in [4.78, 5) is 20.4. The molecule has 6 nitrogen and oxygen atoms in total. The van der Waals surface area contributed by atoms with Gasteiger partial charge in [-0.1, -0.05) is 45.9 Å².